The van der Waals surface area contributed by atoms with E-state index >= 15 is 0 Å². The number of unbranched alkanes of at least 4 members (excludes halogenated alkanes) is 10. The molecule has 2 N–H and O–H groups in total. The van der Waals surface area contributed by atoms with E-state index < -0.39 is 22.0 Å². The number of sulfonamides is 1. The van der Waals surface area contributed by atoms with Crippen molar-refractivity contribution in [1.29, 1.82) is 0 Å². The van der Waals surface area contributed by atoms with Crippen molar-refractivity contribution in [2.45, 2.75) is 95.8 Å². The van der Waals surface area contributed by atoms with Crippen LogP contribution in [-0.2, 0) is 19.5 Å². The van der Waals surface area contributed by atoms with Gasteiger partial charge in [0.05, 0.1) is 29.2 Å². The molecule has 0 aliphatic rings. The standard InChI is InChI=1S/C24H39NO6S/c1-3-5-7-9-11-13-17-30-23(26)21-16-15-20(32(25,28)29)19-22(21)24(27)31-18-14-12-10-8-6-4-2/h15-16,19H,3-14,17-18H2,1-2H3,(H2,25,28,29). The number of ether oxygens (including phenoxy) is 2. The van der Waals surface area contributed by atoms with Gasteiger partial charge in [-0.3, -0.25) is 0 Å². The van der Waals surface area contributed by atoms with E-state index in [9.17, 15) is 18.0 Å². The van der Waals surface area contributed by atoms with E-state index in [1.54, 1.807) is 0 Å². The van der Waals surface area contributed by atoms with E-state index in [-0.39, 0.29) is 29.2 Å². The number of rotatable bonds is 17. The lowest BCUT2D eigenvalue weighted by Crippen LogP contribution is -2.18. The minimum absolute atomic E-state index is 0.0173. The molecule has 32 heavy (non-hydrogen) atoms. The first kappa shape index (κ1) is 28.1. The second kappa shape index (κ2) is 15.8. The SMILES string of the molecule is CCCCCCCCOC(=O)c1ccc(S(N)(=O)=O)cc1C(=O)OCCCCCCCC. The molecule has 7 nitrogen and oxygen atoms in total. The van der Waals surface area contributed by atoms with Crippen LogP contribution < -0.4 is 5.14 Å². The van der Waals surface area contributed by atoms with Crippen molar-refractivity contribution in [1.82, 2.24) is 0 Å². The first-order valence-electron chi connectivity index (χ1n) is 11.8. The zero-order valence-electron chi connectivity index (χ0n) is 19.6. The van der Waals surface area contributed by atoms with Crippen LogP contribution in [0.3, 0.4) is 0 Å². The summed E-state index contributed by atoms with van der Waals surface area (Å²) in [7, 11) is -4.03. The average Bonchev–Trinajstić information content (AvgIpc) is 2.76. The van der Waals surface area contributed by atoms with Crippen LogP contribution >= 0.6 is 0 Å². The third kappa shape index (κ3) is 11.1. The predicted molar refractivity (Wildman–Crippen MR) is 125 cm³/mol. The normalized spacial score (nSPS) is 11.3. The maximum Gasteiger partial charge on any atom is 0.339 e. The molecule has 0 unspecified atom stereocenters. The third-order valence-corrected chi connectivity index (χ3v) is 6.13. The van der Waals surface area contributed by atoms with Gasteiger partial charge >= 0.3 is 11.9 Å². The number of nitrogens with two attached hydrogens (primary N) is 1. The van der Waals surface area contributed by atoms with Gasteiger partial charge in [-0.25, -0.2) is 23.1 Å². The molecule has 0 bridgehead atoms. The van der Waals surface area contributed by atoms with E-state index in [2.05, 4.69) is 13.8 Å². The topological polar surface area (TPSA) is 113 Å². The fourth-order valence-corrected chi connectivity index (χ4v) is 3.84. The van der Waals surface area contributed by atoms with Crippen LogP contribution in [0.25, 0.3) is 0 Å². The second-order valence-corrected chi connectivity index (χ2v) is 9.62. The summed E-state index contributed by atoms with van der Waals surface area (Å²) in [5.41, 5.74) is -0.160. The first-order chi connectivity index (χ1) is 15.3. The molecule has 0 heterocycles. The summed E-state index contributed by atoms with van der Waals surface area (Å²) in [6.45, 7) is 4.75. The average molecular weight is 470 g/mol. The van der Waals surface area contributed by atoms with Crippen LogP contribution in [-0.4, -0.2) is 33.6 Å². The van der Waals surface area contributed by atoms with E-state index in [1.165, 1.54) is 31.4 Å². The lowest BCUT2D eigenvalue weighted by molar-refractivity contribution is 0.0450. The molecule has 0 spiro atoms. The maximum atomic E-state index is 12.6. The number of carbonyl (C=O) groups is 2. The molecule has 0 radical (unpaired) electrons. The summed E-state index contributed by atoms with van der Waals surface area (Å²) >= 11 is 0. The molecule has 0 aromatic heterocycles. The number of hydrogen-bond acceptors (Lipinski definition) is 6. The highest BCUT2D eigenvalue weighted by Gasteiger charge is 2.22. The van der Waals surface area contributed by atoms with E-state index in [0.29, 0.717) is 6.42 Å². The smallest absolute Gasteiger partial charge is 0.339 e. The van der Waals surface area contributed by atoms with Crippen LogP contribution in [0.2, 0.25) is 0 Å². The molecule has 0 saturated heterocycles. The number of carbonyl (C=O) groups excluding carboxylic acids is 2. The van der Waals surface area contributed by atoms with Crippen molar-refractivity contribution >= 4 is 22.0 Å². The maximum absolute atomic E-state index is 12.6. The monoisotopic (exact) mass is 469 g/mol. The van der Waals surface area contributed by atoms with Crippen molar-refractivity contribution in [3.05, 3.63) is 29.3 Å². The molecule has 0 amide bonds. The molecule has 0 saturated carbocycles. The molecule has 1 aromatic rings. The molecule has 0 aliphatic carbocycles. The minimum Gasteiger partial charge on any atom is -0.462 e. The van der Waals surface area contributed by atoms with Gasteiger partial charge in [0.1, 0.15) is 0 Å². The van der Waals surface area contributed by atoms with Crippen molar-refractivity contribution in [3.8, 4) is 0 Å². The largest absolute Gasteiger partial charge is 0.462 e. The Balaban J connectivity index is 2.71. The molecule has 182 valence electrons. The highest BCUT2D eigenvalue weighted by molar-refractivity contribution is 7.89. The van der Waals surface area contributed by atoms with Crippen LogP contribution in [0.4, 0.5) is 0 Å². The van der Waals surface area contributed by atoms with Gasteiger partial charge in [-0.05, 0) is 31.0 Å². The Morgan fingerprint density at radius 1 is 0.719 bits per heavy atom. The zero-order chi connectivity index (χ0) is 23.8. The molecule has 0 atom stereocenters. The Bertz CT molecular complexity index is 807. The van der Waals surface area contributed by atoms with Crippen molar-refractivity contribution in [2.24, 2.45) is 5.14 Å². The highest BCUT2D eigenvalue weighted by Crippen LogP contribution is 2.18. The number of esters is 2. The third-order valence-electron chi connectivity index (χ3n) is 5.22. The predicted octanol–water partition coefficient (Wildman–Crippen LogP) is 5.37. The van der Waals surface area contributed by atoms with Gasteiger partial charge in [-0.2, -0.15) is 0 Å². The number of primary sulfonamides is 1. The van der Waals surface area contributed by atoms with Gasteiger partial charge in [-0.1, -0.05) is 78.1 Å². The van der Waals surface area contributed by atoms with Gasteiger partial charge in [-0.15, -0.1) is 0 Å². The highest BCUT2D eigenvalue weighted by atomic mass is 32.2. The quantitative estimate of drug-likeness (QED) is 0.242. The van der Waals surface area contributed by atoms with Gasteiger partial charge in [0, 0.05) is 0 Å². The number of benzene rings is 1. The van der Waals surface area contributed by atoms with E-state index in [0.717, 1.165) is 57.4 Å². The van der Waals surface area contributed by atoms with Crippen LogP contribution in [0.5, 0.6) is 0 Å². The molecule has 0 aliphatic heterocycles. The fourth-order valence-electron chi connectivity index (χ4n) is 3.30. The molecule has 1 aromatic carbocycles. The summed E-state index contributed by atoms with van der Waals surface area (Å²) in [6, 6.07) is 3.53. The van der Waals surface area contributed by atoms with Gasteiger partial charge in [0.2, 0.25) is 10.0 Å². The van der Waals surface area contributed by atoms with Crippen molar-refractivity contribution in [2.75, 3.05) is 13.2 Å². The fraction of sp³-hybridized carbons (Fsp3) is 0.667. The summed E-state index contributed by atoms with van der Waals surface area (Å²) in [4.78, 5) is 24.9. The van der Waals surface area contributed by atoms with Crippen LogP contribution in [0.1, 0.15) is 112 Å². The summed E-state index contributed by atoms with van der Waals surface area (Å²) < 4.78 is 34.0. The minimum atomic E-state index is -4.03. The summed E-state index contributed by atoms with van der Waals surface area (Å²) in [5, 5.41) is 5.18. The van der Waals surface area contributed by atoms with E-state index in [1.807, 2.05) is 0 Å². The Morgan fingerprint density at radius 3 is 1.62 bits per heavy atom. The molecule has 1 rings (SSSR count). The molecule has 0 fully saturated rings. The van der Waals surface area contributed by atoms with Gasteiger partial charge in [0.25, 0.3) is 0 Å². The summed E-state index contributed by atoms with van der Waals surface area (Å²) in [6.07, 6.45) is 12.5. The van der Waals surface area contributed by atoms with Crippen molar-refractivity contribution < 1.29 is 27.5 Å². The Labute approximate surface area is 193 Å². The summed E-state index contributed by atoms with van der Waals surface area (Å²) in [5.74, 6) is -1.43. The Morgan fingerprint density at radius 2 is 1.16 bits per heavy atom. The molecule has 8 heteroatoms. The lowest BCUT2D eigenvalue weighted by atomic mass is 10.1. The molecular weight excluding hydrogens is 430 g/mol. The number of hydrogen-bond donors (Lipinski definition) is 1. The Hall–Kier alpha value is -1.93. The first-order valence-corrected chi connectivity index (χ1v) is 13.4. The Kier molecular flexibility index (Phi) is 13.9. The van der Waals surface area contributed by atoms with Gasteiger partial charge in [0.15, 0.2) is 0 Å². The second-order valence-electron chi connectivity index (χ2n) is 8.06. The van der Waals surface area contributed by atoms with Crippen LogP contribution in [0.15, 0.2) is 23.1 Å². The van der Waals surface area contributed by atoms with Crippen molar-refractivity contribution in [3.63, 3.8) is 0 Å². The lowest BCUT2D eigenvalue weighted by Gasteiger charge is -2.11. The van der Waals surface area contributed by atoms with Gasteiger partial charge < -0.3 is 9.47 Å². The zero-order valence-corrected chi connectivity index (χ0v) is 20.4. The molecular formula is C24H39NO6S. The van der Waals surface area contributed by atoms with Crippen LogP contribution in [0, 0.1) is 0 Å². The van der Waals surface area contributed by atoms with E-state index in [4.69, 9.17) is 14.6 Å².